The molecule has 1 N–H and O–H groups in total. The van der Waals surface area contributed by atoms with Crippen molar-refractivity contribution in [2.75, 3.05) is 12.9 Å². The summed E-state index contributed by atoms with van der Waals surface area (Å²) in [7, 11) is -2.23. The largest absolute Gasteiger partial charge is 0.497 e. The zero-order valence-corrected chi connectivity index (χ0v) is 15.3. The maximum absolute atomic E-state index is 10.8. The van der Waals surface area contributed by atoms with Crippen LogP contribution in [-0.4, -0.2) is 25.8 Å². The van der Waals surface area contributed by atoms with Gasteiger partial charge in [-0.15, -0.1) is 0 Å². The summed E-state index contributed by atoms with van der Waals surface area (Å²) in [6.07, 6.45) is 6.42. The summed E-state index contributed by atoms with van der Waals surface area (Å²) in [5, 5.41) is 0. The highest BCUT2D eigenvalue weighted by atomic mass is 32.2. The molecule has 1 aromatic rings. The van der Waals surface area contributed by atoms with Gasteiger partial charge in [-0.1, -0.05) is 51.5 Å². The molecule has 0 radical (unpaired) electrons. The molecule has 0 bridgehead atoms. The first-order chi connectivity index (χ1) is 10.6. The van der Waals surface area contributed by atoms with Crippen LogP contribution in [0.5, 0.6) is 5.75 Å². The second-order valence-corrected chi connectivity index (χ2v) is 8.46. The Morgan fingerprint density at radius 3 is 2.26 bits per heavy atom. The Morgan fingerprint density at radius 1 is 1.17 bits per heavy atom. The molecule has 1 aromatic carbocycles. The highest BCUT2D eigenvalue weighted by Gasteiger charge is 2.12. The minimum absolute atomic E-state index is 0.0964. The van der Waals surface area contributed by atoms with E-state index in [-0.39, 0.29) is 17.1 Å². The molecule has 0 aliphatic heterocycles. The van der Waals surface area contributed by atoms with E-state index < -0.39 is 10.1 Å². The third-order valence-electron chi connectivity index (χ3n) is 3.54. The standard InChI is InChI=1S/C18H28O4S/c1-18(2,3)13-12-15(7-5-6-14-23(19,20)21)16-8-10-17(22-4)11-9-16/h8-13,15H,5-7,14H2,1-4H3,(H,19,20,21)/b13-12+/t15-/m1/s1. The van der Waals surface area contributed by atoms with Gasteiger partial charge in [0.2, 0.25) is 0 Å². The quantitative estimate of drug-likeness (QED) is 0.432. The van der Waals surface area contributed by atoms with E-state index in [9.17, 15) is 8.42 Å². The Bertz CT molecular complexity index is 595. The van der Waals surface area contributed by atoms with Crippen LogP contribution >= 0.6 is 0 Å². The number of methoxy groups -OCH3 is 1. The van der Waals surface area contributed by atoms with Gasteiger partial charge in [-0.05, 0) is 36.0 Å². The Balaban J connectivity index is 2.78. The highest BCUT2D eigenvalue weighted by molar-refractivity contribution is 7.85. The van der Waals surface area contributed by atoms with Crippen LogP contribution < -0.4 is 4.74 Å². The summed E-state index contributed by atoms with van der Waals surface area (Å²) >= 11 is 0. The number of ether oxygens (including phenoxy) is 1. The van der Waals surface area contributed by atoms with E-state index in [0.29, 0.717) is 6.42 Å². The van der Waals surface area contributed by atoms with Crippen LogP contribution in [0, 0.1) is 5.41 Å². The topological polar surface area (TPSA) is 63.6 Å². The van der Waals surface area contributed by atoms with Gasteiger partial charge in [-0.3, -0.25) is 4.55 Å². The Morgan fingerprint density at radius 2 is 1.78 bits per heavy atom. The predicted octanol–water partition coefficient (Wildman–Crippen LogP) is 4.44. The molecule has 0 spiro atoms. The van der Waals surface area contributed by atoms with Crippen molar-refractivity contribution < 1.29 is 17.7 Å². The first-order valence-electron chi connectivity index (χ1n) is 7.89. The van der Waals surface area contributed by atoms with Gasteiger partial charge >= 0.3 is 0 Å². The van der Waals surface area contributed by atoms with E-state index >= 15 is 0 Å². The van der Waals surface area contributed by atoms with Crippen molar-refractivity contribution in [1.82, 2.24) is 0 Å². The molecule has 0 fully saturated rings. The average Bonchev–Trinajstić information content (AvgIpc) is 2.44. The first kappa shape index (κ1) is 19.7. The second kappa shape index (κ2) is 8.50. The van der Waals surface area contributed by atoms with Crippen molar-refractivity contribution in [1.29, 1.82) is 0 Å². The fourth-order valence-corrected chi connectivity index (χ4v) is 2.85. The normalized spacial score (nSPS) is 14.1. The van der Waals surface area contributed by atoms with E-state index in [1.54, 1.807) is 7.11 Å². The van der Waals surface area contributed by atoms with Crippen molar-refractivity contribution in [2.24, 2.45) is 5.41 Å². The number of rotatable bonds is 8. The van der Waals surface area contributed by atoms with E-state index in [1.165, 1.54) is 5.56 Å². The smallest absolute Gasteiger partial charge is 0.264 e. The van der Waals surface area contributed by atoms with Gasteiger partial charge in [0.05, 0.1) is 12.9 Å². The lowest BCUT2D eigenvalue weighted by atomic mass is 9.89. The molecule has 4 nitrogen and oxygen atoms in total. The van der Waals surface area contributed by atoms with Crippen molar-refractivity contribution in [3.05, 3.63) is 42.0 Å². The Kier molecular flexibility index (Phi) is 7.29. The summed E-state index contributed by atoms with van der Waals surface area (Å²) in [5.74, 6) is 0.867. The number of hydrogen-bond acceptors (Lipinski definition) is 3. The molecular formula is C18H28O4S. The molecule has 130 valence electrons. The molecule has 0 aliphatic rings. The molecule has 0 unspecified atom stereocenters. The van der Waals surface area contributed by atoms with E-state index in [4.69, 9.17) is 9.29 Å². The van der Waals surface area contributed by atoms with Crippen LogP contribution in [0.3, 0.4) is 0 Å². The minimum Gasteiger partial charge on any atom is -0.497 e. The van der Waals surface area contributed by atoms with Crippen molar-refractivity contribution in [2.45, 2.75) is 46.0 Å². The van der Waals surface area contributed by atoms with Gasteiger partial charge in [0.15, 0.2) is 0 Å². The van der Waals surface area contributed by atoms with Gasteiger partial charge in [0, 0.05) is 5.92 Å². The zero-order valence-electron chi connectivity index (χ0n) is 14.5. The molecule has 0 saturated carbocycles. The summed E-state index contributed by atoms with van der Waals surface area (Å²) in [5.41, 5.74) is 1.28. The minimum atomic E-state index is -3.87. The van der Waals surface area contributed by atoms with Crippen molar-refractivity contribution in [3.63, 3.8) is 0 Å². The monoisotopic (exact) mass is 340 g/mol. The van der Waals surface area contributed by atoms with Gasteiger partial charge in [0.1, 0.15) is 5.75 Å². The molecule has 23 heavy (non-hydrogen) atoms. The predicted molar refractivity (Wildman–Crippen MR) is 94.6 cm³/mol. The lowest BCUT2D eigenvalue weighted by Crippen LogP contribution is -2.05. The molecule has 0 saturated heterocycles. The maximum Gasteiger partial charge on any atom is 0.264 e. The third kappa shape index (κ3) is 8.77. The van der Waals surface area contributed by atoms with Crippen LogP contribution in [0.2, 0.25) is 0 Å². The zero-order chi connectivity index (χ0) is 17.5. The lowest BCUT2D eigenvalue weighted by Gasteiger charge is -2.17. The van der Waals surface area contributed by atoms with Gasteiger partial charge in [-0.2, -0.15) is 8.42 Å². The van der Waals surface area contributed by atoms with Crippen LogP contribution in [-0.2, 0) is 10.1 Å². The van der Waals surface area contributed by atoms with Crippen LogP contribution in [0.1, 0.15) is 51.5 Å². The SMILES string of the molecule is COc1ccc([C@@H](/C=C/C(C)(C)C)CCCCS(=O)(=O)O)cc1. The van der Waals surface area contributed by atoms with Crippen molar-refractivity contribution >= 4 is 10.1 Å². The maximum atomic E-state index is 10.8. The molecule has 0 aromatic heterocycles. The summed E-state index contributed by atoms with van der Waals surface area (Å²) < 4.78 is 35.6. The molecule has 0 aliphatic carbocycles. The van der Waals surface area contributed by atoms with Crippen LogP contribution in [0.25, 0.3) is 0 Å². The van der Waals surface area contributed by atoms with E-state index in [0.717, 1.165) is 18.6 Å². The fourth-order valence-electron chi connectivity index (χ4n) is 2.28. The van der Waals surface area contributed by atoms with Crippen LogP contribution in [0.4, 0.5) is 0 Å². The average molecular weight is 340 g/mol. The van der Waals surface area contributed by atoms with Crippen LogP contribution in [0.15, 0.2) is 36.4 Å². The van der Waals surface area contributed by atoms with E-state index in [1.807, 2.05) is 24.3 Å². The third-order valence-corrected chi connectivity index (χ3v) is 4.34. The van der Waals surface area contributed by atoms with Gasteiger partial charge in [-0.25, -0.2) is 0 Å². The number of hydrogen-bond donors (Lipinski definition) is 1. The Labute approximate surface area is 140 Å². The number of benzene rings is 1. The van der Waals surface area contributed by atoms with Gasteiger partial charge < -0.3 is 4.74 Å². The highest BCUT2D eigenvalue weighted by Crippen LogP contribution is 2.28. The molecule has 1 rings (SSSR count). The Hall–Kier alpha value is -1.33. The summed E-state index contributed by atoms with van der Waals surface area (Å²) in [6, 6.07) is 7.95. The van der Waals surface area contributed by atoms with E-state index in [2.05, 4.69) is 32.9 Å². The molecule has 0 amide bonds. The molecule has 1 atom stereocenters. The van der Waals surface area contributed by atoms with Crippen molar-refractivity contribution in [3.8, 4) is 5.75 Å². The number of allylic oxidation sites excluding steroid dienone is 2. The molecular weight excluding hydrogens is 312 g/mol. The molecule has 0 heterocycles. The summed E-state index contributed by atoms with van der Waals surface area (Å²) in [6.45, 7) is 6.44. The lowest BCUT2D eigenvalue weighted by molar-refractivity contribution is 0.414. The van der Waals surface area contributed by atoms with Gasteiger partial charge in [0.25, 0.3) is 10.1 Å². The molecule has 5 heteroatoms. The summed E-state index contributed by atoms with van der Waals surface area (Å²) in [4.78, 5) is 0. The fraction of sp³-hybridized carbons (Fsp3) is 0.556. The second-order valence-electron chi connectivity index (χ2n) is 6.89. The first-order valence-corrected chi connectivity index (χ1v) is 9.50. The number of unbranched alkanes of at least 4 members (excludes halogenated alkanes) is 1.